The van der Waals surface area contributed by atoms with Gasteiger partial charge >= 0.3 is 5.97 Å². The molecule has 24 heavy (non-hydrogen) atoms. The summed E-state index contributed by atoms with van der Waals surface area (Å²) in [6.45, 7) is 2.88. The molecule has 0 radical (unpaired) electrons. The van der Waals surface area contributed by atoms with E-state index in [0.29, 0.717) is 24.3 Å². The lowest BCUT2D eigenvalue weighted by Gasteiger charge is -2.14. The summed E-state index contributed by atoms with van der Waals surface area (Å²) in [6.07, 6.45) is 0. The van der Waals surface area contributed by atoms with Crippen molar-refractivity contribution in [3.05, 3.63) is 71.3 Å². The van der Waals surface area contributed by atoms with Crippen molar-refractivity contribution >= 4 is 11.8 Å². The number of hydrogen-bond donors (Lipinski definition) is 0. The molecule has 0 spiro atoms. The van der Waals surface area contributed by atoms with E-state index in [0.717, 1.165) is 5.56 Å². The molecular formula is C20H23NO3. The van der Waals surface area contributed by atoms with Crippen LogP contribution in [0.3, 0.4) is 0 Å². The minimum Gasteiger partial charge on any atom is -0.464 e. The van der Waals surface area contributed by atoms with Gasteiger partial charge in [-0.2, -0.15) is 0 Å². The Labute approximate surface area is 143 Å². The Bertz CT molecular complexity index is 678. The maximum atomic E-state index is 12.4. The van der Waals surface area contributed by atoms with Gasteiger partial charge in [0.15, 0.2) is 5.78 Å². The molecule has 126 valence electrons. The third-order valence-corrected chi connectivity index (χ3v) is 3.85. The fraction of sp³-hybridized carbons (Fsp3) is 0.300. The molecule has 0 fully saturated rings. The Morgan fingerprint density at radius 3 is 2.12 bits per heavy atom. The molecular weight excluding hydrogens is 302 g/mol. The number of likely N-dealkylation sites (N-methyl/N-ethyl adjacent to an activating group) is 1. The van der Waals surface area contributed by atoms with Crippen LogP contribution in [-0.2, 0) is 9.53 Å². The number of benzene rings is 2. The van der Waals surface area contributed by atoms with Crippen LogP contribution in [0.2, 0.25) is 0 Å². The molecule has 0 heterocycles. The number of hydrogen-bond acceptors (Lipinski definition) is 4. The smallest absolute Gasteiger partial charge is 0.313 e. The Morgan fingerprint density at radius 2 is 1.54 bits per heavy atom. The van der Waals surface area contributed by atoms with Gasteiger partial charge in [-0.3, -0.25) is 9.59 Å². The number of carbonyl (C=O) groups is 2. The van der Waals surface area contributed by atoms with Crippen molar-refractivity contribution in [1.82, 2.24) is 4.90 Å². The first-order valence-corrected chi connectivity index (χ1v) is 8.00. The van der Waals surface area contributed by atoms with Gasteiger partial charge in [0.25, 0.3) is 0 Å². The van der Waals surface area contributed by atoms with E-state index in [1.54, 1.807) is 24.3 Å². The molecule has 1 unspecified atom stereocenters. The highest BCUT2D eigenvalue weighted by Crippen LogP contribution is 2.19. The molecule has 0 bridgehead atoms. The van der Waals surface area contributed by atoms with E-state index >= 15 is 0 Å². The molecule has 0 aliphatic carbocycles. The summed E-state index contributed by atoms with van der Waals surface area (Å²) in [5, 5.41) is 0. The van der Waals surface area contributed by atoms with Gasteiger partial charge in [-0.1, -0.05) is 54.6 Å². The molecule has 1 atom stereocenters. The second kappa shape index (κ2) is 8.41. The monoisotopic (exact) mass is 325 g/mol. The molecule has 0 N–H and O–H groups in total. The van der Waals surface area contributed by atoms with Gasteiger partial charge < -0.3 is 9.64 Å². The summed E-state index contributed by atoms with van der Waals surface area (Å²) in [7, 11) is 3.86. The average molecular weight is 325 g/mol. The Morgan fingerprint density at radius 1 is 0.958 bits per heavy atom. The fourth-order valence-electron chi connectivity index (χ4n) is 2.27. The molecule has 2 rings (SSSR count). The van der Waals surface area contributed by atoms with Gasteiger partial charge in [0.1, 0.15) is 6.61 Å². The van der Waals surface area contributed by atoms with Gasteiger partial charge in [0.05, 0.1) is 5.92 Å². The molecule has 0 saturated carbocycles. The van der Waals surface area contributed by atoms with E-state index in [2.05, 4.69) is 0 Å². The van der Waals surface area contributed by atoms with Crippen LogP contribution in [0.25, 0.3) is 0 Å². The van der Waals surface area contributed by atoms with E-state index < -0.39 is 0 Å². The largest absolute Gasteiger partial charge is 0.464 e. The van der Waals surface area contributed by atoms with E-state index in [1.807, 2.05) is 56.3 Å². The van der Waals surface area contributed by atoms with Crippen LogP contribution in [-0.4, -0.2) is 43.9 Å². The van der Waals surface area contributed by atoms with Crippen LogP contribution < -0.4 is 0 Å². The van der Waals surface area contributed by atoms with Crippen molar-refractivity contribution in [3.8, 4) is 0 Å². The second-order valence-electron chi connectivity index (χ2n) is 6.01. The third-order valence-electron chi connectivity index (χ3n) is 3.85. The van der Waals surface area contributed by atoms with Gasteiger partial charge in [-0.25, -0.2) is 0 Å². The number of ketones is 1. The van der Waals surface area contributed by atoms with Gasteiger partial charge in [-0.15, -0.1) is 0 Å². The maximum absolute atomic E-state index is 12.4. The lowest BCUT2D eigenvalue weighted by Crippen LogP contribution is -2.22. The van der Waals surface area contributed by atoms with Crippen molar-refractivity contribution in [1.29, 1.82) is 0 Å². The van der Waals surface area contributed by atoms with Crippen molar-refractivity contribution in [3.63, 3.8) is 0 Å². The van der Waals surface area contributed by atoms with E-state index in [4.69, 9.17) is 4.74 Å². The van der Waals surface area contributed by atoms with E-state index in [-0.39, 0.29) is 17.7 Å². The zero-order valence-electron chi connectivity index (χ0n) is 14.4. The number of esters is 1. The average Bonchev–Trinajstić information content (AvgIpc) is 2.61. The van der Waals surface area contributed by atoms with Crippen LogP contribution in [0.5, 0.6) is 0 Å². The van der Waals surface area contributed by atoms with Crippen molar-refractivity contribution < 1.29 is 14.3 Å². The van der Waals surface area contributed by atoms with Gasteiger partial charge in [-0.05, 0) is 26.6 Å². The highest BCUT2D eigenvalue weighted by atomic mass is 16.5. The van der Waals surface area contributed by atoms with Crippen molar-refractivity contribution in [2.75, 3.05) is 27.2 Å². The summed E-state index contributed by atoms with van der Waals surface area (Å²) >= 11 is 0. The normalized spacial score (nSPS) is 12.0. The van der Waals surface area contributed by atoms with Crippen LogP contribution >= 0.6 is 0 Å². The number of nitrogens with zero attached hydrogens (tertiary/aromatic N) is 1. The molecule has 0 amide bonds. The first-order chi connectivity index (χ1) is 11.5. The topological polar surface area (TPSA) is 46.6 Å². The highest BCUT2D eigenvalue weighted by Gasteiger charge is 2.17. The number of ether oxygens (including phenoxy) is 1. The Balaban J connectivity index is 2.01. The number of carbonyl (C=O) groups excluding carboxylic acids is 2. The minimum absolute atomic E-state index is 0.0247. The first-order valence-electron chi connectivity index (χ1n) is 8.00. The number of rotatable bonds is 7. The van der Waals surface area contributed by atoms with E-state index in [9.17, 15) is 9.59 Å². The molecule has 2 aromatic rings. The quantitative estimate of drug-likeness (QED) is 0.580. The van der Waals surface area contributed by atoms with Crippen LogP contribution in [0.15, 0.2) is 54.6 Å². The molecule has 0 aliphatic heterocycles. The Hall–Kier alpha value is -2.46. The summed E-state index contributed by atoms with van der Waals surface area (Å²) in [6, 6.07) is 16.3. The van der Waals surface area contributed by atoms with Crippen LogP contribution in [0.1, 0.15) is 34.3 Å². The predicted octanol–water partition coefficient (Wildman–Crippen LogP) is 3.13. The minimum atomic E-state index is -0.354. The van der Waals surface area contributed by atoms with Crippen LogP contribution in [0, 0.1) is 0 Å². The molecule has 4 heteroatoms. The summed E-state index contributed by atoms with van der Waals surface area (Å²) in [5.41, 5.74) is 2.11. The third kappa shape index (κ3) is 4.77. The standard InChI is InChI=1S/C20H23NO3/c1-15(20(23)24-14-13-21(2)3)16-9-11-18(12-10-16)19(22)17-7-5-4-6-8-17/h4-12,15H,13-14H2,1-3H3. The Kier molecular flexibility index (Phi) is 6.27. The summed E-state index contributed by atoms with van der Waals surface area (Å²) < 4.78 is 5.27. The van der Waals surface area contributed by atoms with Crippen LogP contribution in [0.4, 0.5) is 0 Å². The molecule has 4 nitrogen and oxygen atoms in total. The lowest BCUT2D eigenvalue weighted by molar-refractivity contribution is -0.145. The van der Waals surface area contributed by atoms with Crippen molar-refractivity contribution in [2.24, 2.45) is 0 Å². The zero-order chi connectivity index (χ0) is 17.5. The second-order valence-corrected chi connectivity index (χ2v) is 6.01. The van der Waals surface area contributed by atoms with Crippen molar-refractivity contribution in [2.45, 2.75) is 12.8 Å². The molecule has 0 aliphatic rings. The first kappa shape index (κ1) is 17.9. The molecule has 0 aromatic heterocycles. The van der Waals surface area contributed by atoms with E-state index in [1.165, 1.54) is 0 Å². The summed E-state index contributed by atoms with van der Waals surface area (Å²) in [5.74, 6) is -0.629. The fourth-order valence-corrected chi connectivity index (χ4v) is 2.27. The lowest BCUT2D eigenvalue weighted by atomic mass is 9.97. The highest BCUT2D eigenvalue weighted by molar-refractivity contribution is 6.08. The maximum Gasteiger partial charge on any atom is 0.313 e. The SMILES string of the molecule is CC(C(=O)OCCN(C)C)c1ccc(C(=O)c2ccccc2)cc1. The van der Waals surface area contributed by atoms with Gasteiger partial charge in [0, 0.05) is 17.7 Å². The molecule has 2 aromatic carbocycles. The molecule has 0 saturated heterocycles. The van der Waals surface area contributed by atoms with Gasteiger partial charge in [0.2, 0.25) is 0 Å². The zero-order valence-corrected chi connectivity index (χ0v) is 14.4. The predicted molar refractivity (Wildman–Crippen MR) is 94.2 cm³/mol. The summed E-state index contributed by atoms with van der Waals surface area (Å²) in [4.78, 5) is 26.4.